The van der Waals surface area contributed by atoms with E-state index in [1.807, 2.05) is 0 Å². The first-order chi connectivity index (χ1) is 13.4. The molecule has 2 N–H and O–H groups in total. The Bertz CT molecular complexity index is 993. The summed E-state index contributed by atoms with van der Waals surface area (Å²) in [6.07, 6.45) is 2.00. The molecule has 0 spiro atoms. The van der Waals surface area contributed by atoms with Crippen molar-refractivity contribution in [2.45, 2.75) is 6.42 Å². The fraction of sp³-hybridized carbons (Fsp3) is 0.100. The minimum absolute atomic E-state index is 0.156. The minimum Gasteiger partial charge on any atom is -0.370 e. The second-order valence-electron chi connectivity index (χ2n) is 5.91. The van der Waals surface area contributed by atoms with Gasteiger partial charge in [-0.3, -0.25) is 4.79 Å². The summed E-state index contributed by atoms with van der Waals surface area (Å²) >= 11 is 0. The lowest BCUT2D eigenvalue weighted by atomic mass is 10.1. The van der Waals surface area contributed by atoms with E-state index >= 15 is 0 Å². The number of pyridine rings is 1. The van der Waals surface area contributed by atoms with E-state index in [1.165, 1.54) is 30.5 Å². The van der Waals surface area contributed by atoms with Crippen LogP contribution >= 0.6 is 0 Å². The SMILES string of the molecule is O=C(Nc1ccc(F)c(F)c1F)c1ccnc(NCCc2ccc(F)cc2)c1. The number of anilines is 2. The van der Waals surface area contributed by atoms with Crippen LogP contribution in [0.25, 0.3) is 0 Å². The maximum atomic E-state index is 13.7. The van der Waals surface area contributed by atoms with E-state index in [0.29, 0.717) is 18.8 Å². The van der Waals surface area contributed by atoms with Crippen LogP contribution in [0, 0.1) is 23.3 Å². The Kier molecular flexibility index (Phi) is 5.88. The number of rotatable bonds is 6. The summed E-state index contributed by atoms with van der Waals surface area (Å²) in [5.41, 5.74) is 0.617. The van der Waals surface area contributed by atoms with Gasteiger partial charge in [-0.2, -0.15) is 0 Å². The molecule has 0 radical (unpaired) electrons. The van der Waals surface area contributed by atoms with Crippen molar-refractivity contribution in [3.8, 4) is 0 Å². The van der Waals surface area contributed by atoms with Crippen LogP contribution in [-0.2, 0) is 6.42 Å². The molecule has 1 aromatic heterocycles. The first kappa shape index (κ1) is 19.3. The van der Waals surface area contributed by atoms with Crippen LogP contribution < -0.4 is 10.6 Å². The van der Waals surface area contributed by atoms with Crippen LogP contribution in [-0.4, -0.2) is 17.4 Å². The van der Waals surface area contributed by atoms with E-state index < -0.39 is 29.0 Å². The molecule has 1 heterocycles. The fourth-order valence-corrected chi connectivity index (χ4v) is 2.47. The highest BCUT2D eigenvalue weighted by atomic mass is 19.2. The topological polar surface area (TPSA) is 54.0 Å². The standard InChI is InChI=1S/C20H15F4N3O/c21-14-3-1-12(2-4-14)7-9-25-17-11-13(8-10-26-17)20(28)27-16-6-5-15(22)18(23)19(16)24/h1-6,8,10-11H,7,9H2,(H,25,26)(H,27,28). The highest BCUT2D eigenvalue weighted by Crippen LogP contribution is 2.20. The highest BCUT2D eigenvalue weighted by molar-refractivity contribution is 6.04. The Morgan fingerprint density at radius 3 is 2.43 bits per heavy atom. The summed E-state index contributed by atoms with van der Waals surface area (Å²) in [5, 5.41) is 5.22. The van der Waals surface area contributed by atoms with Crippen molar-refractivity contribution in [2.24, 2.45) is 0 Å². The Balaban J connectivity index is 1.63. The number of halogens is 4. The maximum Gasteiger partial charge on any atom is 0.255 e. The lowest BCUT2D eigenvalue weighted by Gasteiger charge is -2.09. The van der Waals surface area contributed by atoms with Gasteiger partial charge < -0.3 is 10.6 Å². The number of benzene rings is 2. The van der Waals surface area contributed by atoms with E-state index in [4.69, 9.17) is 0 Å². The molecule has 1 amide bonds. The van der Waals surface area contributed by atoms with Crippen LogP contribution in [0.15, 0.2) is 54.7 Å². The van der Waals surface area contributed by atoms with Crippen LogP contribution in [0.4, 0.5) is 29.1 Å². The second-order valence-corrected chi connectivity index (χ2v) is 5.91. The van der Waals surface area contributed by atoms with Gasteiger partial charge >= 0.3 is 0 Å². The summed E-state index contributed by atoms with van der Waals surface area (Å²) in [5.74, 6) is -5.08. The van der Waals surface area contributed by atoms with Crippen molar-refractivity contribution in [3.63, 3.8) is 0 Å². The maximum absolute atomic E-state index is 13.7. The third kappa shape index (κ3) is 4.64. The molecule has 3 aromatic rings. The molecule has 0 fully saturated rings. The van der Waals surface area contributed by atoms with Crippen LogP contribution in [0.1, 0.15) is 15.9 Å². The molecule has 0 atom stereocenters. The molecular weight excluding hydrogens is 374 g/mol. The quantitative estimate of drug-likeness (QED) is 0.481. The largest absolute Gasteiger partial charge is 0.370 e. The zero-order valence-corrected chi connectivity index (χ0v) is 14.5. The zero-order valence-electron chi connectivity index (χ0n) is 14.5. The first-order valence-corrected chi connectivity index (χ1v) is 8.33. The molecule has 144 valence electrons. The fourth-order valence-electron chi connectivity index (χ4n) is 2.47. The molecule has 4 nitrogen and oxygen atoms in total. The first-order valence-electron chi connectivity index (χ1n) is 8.33. The van der Waals surface area contributed by atoms with Gasteiger partial charge in [-0.25, -0.2) is 22.5 Å². The Morgan fingerprint density at radius 2 is 1.68 bits per heavy atom. The van der Waals surface area contributed by atoms with Crippen molar-refractivity contribution >= 4 is 17.4 Å². The van der Waals surface area contributed by atoms with Crippen molar-refractivity contribution in [3.05, 3.63) is 89.1 Å². The predicted octanol–water partition coefficient (Wildman–Crippen LogP) is 4.54. The average Bonchev–Trinajstić information content (AvgIpc) is 2.70. The summed E-state index contributed by atoms with van der Waals surface area (Å²) < 4.78 is 52.8. The molecule has 2 aromatic carbocycles. The van der Waals surface area contributed by atoms with Crippen molar-refractivity contribution < 1.29 is 22.4 Å². The summed E-state index contributed by atoms with van der Waals surface area (Å²) in [6.45, 7) is 0.488. The van der Waals surface area contributed by atoms with Gasteiger partial charge in [0.1, 0.15) is 11.6 Å². The number of hydrogen-bond donors (Lipinski definition) is 2. The molecule has 0 aliphatic rings. The molecule has 28 heavy (non-hydrogen) atoms. The van der Waals surface area contributed by atoms with Crippen molar-refractivity contribution in [1.29, 1.82) is 0 Å². The second kappa shape index (κ2) is 8.51. The van der Waals surface area contributed by atoms with E-state index in [2.05, 4.69) is 15.6 Å². The van der Waals surface area contributed by atoms with Gasteiger partial charge in [-0.1, -0.05) is 12.1 Å². The molecule has 0 bridgehead atoms. The molecule has 0 saturated heterocycles. The number of amides is 1. The van der Waals surface area contributed by atoms with Crippen molar-refractivity contribution in [1.82, 2.24) is 4.98 Å². The molecule has 3 rings (SSSR count). The number of nitrogens with one attached hydrogen (secondary N) is 2. The van der Waals surface area contributed by atoms with Gasteiger partial charge in [-0.15, -0.1) is 0 Å². The van der Waals surface area contributed by atoms with Gasteiger partial charge in [0.2, 0.25) is 0 Å². The van der Waals surface area contributed by atoms with Crippen LogP contribution in [0.3, 0.4) is 0 Å². The Labute approximate surface area is 158 Å². The lowest BCUT2D eigenvalue weighted by molar-refractivity contribution is 0.102. The van der Waals surface area contributed by atoms with Gasteiger partial charge in [-0.05, 0) is 48.4 Å². The monoisotopic (exact) mass is 389 g/mol. The molecular formula is C20H15F4N3O. The third-order valence-electron chi connectivity index (χ3n) is 3.94. The average molecular weight is 389 g/mol. The zero-order chi connectivity index (χ0) is 20.1. The summed E-state index contributed by atoms with van der Waals surface area (Å²) in [4.78, 5) is 16.3. The summed E-state index contributed by atoms with van der Waals surface area (Å²) in [7, 11) is 0. The van der Waals surface area contributed by atoms with E-state index in [1.54, 1.807) is 12.1 Å². The molecule has 0 aliphatic carbocycles. The van der Waals surface area contributed by atoms with E-state index in [9.17, 15) is 22.4 Å². The van der Waals surface area contributed by atoms with E-state index in [0.717, 1.165) is 17.7 Å². The highest BCUT2D eigenvalue weighted by Gasteiger charge is 2.16. The number of carbonyl (C=O) groups excluding carboxylic acids is 1. The van der Waals surface area contributed by atoms with Gasteiger partial charge in [0.05, 0.1) is 5.69 Å². The lowest BCUT2D eigenvalue weighted by Crippen LogP contribution is -2.15. The third-order valence-corrected chi connectivity index (χ3v) is 3.94. The van der Waals surface area contributed by atoms with Gasteiger partial charge in [0, 0.05) is 18.3 Å². The number of hydrogen-bond acceptors (Lipinski definition) is 3. The predicted molar refractivity (Wildman–Crippen MR) is 97.1 cm³/mol. The molecule has 0 saturated carbocycles. The molecule has 0 unspecified atom stereocenters. The van der Waals surface area contributed by atoms with Gasteiger partial charge in [0.25, 0.3) is 5.91 Å². The Morgan fingerprint density at radius 1 is 0.929 bits per heavy atom. The number of carbonyl (C=O) groups is 1. The number of nitrogens with zero attached hydrogens (tertiary/aromatic N) is 1. The number of aromatic nitrogens is 1. The minimum atomic E-state index is -1.66. The molecule has 0 aliphatic heterocycles. The molecule has 8 heteroatoms. The van der Waals surface area contributed by atoms with Gasteiger partial charge in [0.15, 0.2) is 17.5 Å². The normalized spacial score (nSPS) is 10.6. The Hall–Kier alpha value is -3.42. The van der Waals surface area contributed by atoms with Crippen molar-refractivity contribution in [2.75, 3.05) is 17.2 Å². The van der Waals surface area contributed by atoms with E-state index in [-0.39, 0.29) is 11.4 Å². The smallest absolute Gasteiger partial charge is 0.255 e. The van der Waals surface area contributed by atoms with Crippen LogP contribution in [0.5, 0.6) is 0 Å². The van der Waals surface area contributed by atoms with Crippen LogP contribution in [0.2, 0.25) is 0 Å². The summed E-state index contributed by atoms with van der Waals surface area (Å²) in [6, 6.07) is 10.6.